The zero-order valence-electron chi connectivity index (χ0n) is 10.6. The van der Waals surface area contributed by atoms with E-state index in [2.05, 4.69) is 0 Å². The van der Waals surface area contributed by atoms with Gasteiger partial charge in [-0.05, 0) is 26.0 Å². The summed E-state index contributed by atoms with van der Waals surface area (Å²) in [5.74, 6) is 1.26. The average molecular weight is 270 g/mol. The Hall–Kier alpha value is -1.52. The maximum absolute atomic E-state index is 12.1. The SMILES string of the molecule is COc1ccc2c(=O)c(C)c(C)oc2c1CN.Cl. The van der Waals surface area contributed by atoms with Crippen molar-refractivity contribution >= 4 is 23.4 Å². The van der Waals surface area contributed by atoms with Crippen molar-refractivity contribution in [3.8, 4) is 5.75 Å². The van der Waals surface area contributed by atoms with Crippen molar-refractivity contribution in [2.45, 2.75) is 20.4 Å². The first kappa shape index (κ1) is 14.5. The summed E-state index contributed by atoms with van der Waals surface area (Å²) in [4.78, 5) is 12.1. The zero-order chi connectivity index (χ0) is 12.6. The maximum atomic E-state index is 12.1. The minimum Gasteiger partial charge on any atom is -0.496 e. The van der Waals surface area contributed by atoms with Gasteiger partial charge in [0.15, 0.2) is 5.43 Å². The number of methoxy groups -OCH3 is 1. The van der Waals surface area contributed by atoms with Crippen LogP contribution in [-0.4, -0.2) is 7.11 Å². The predicted octanol–water partition coefficient (Wildman–Crippen LogP) is 2.30. The van der Waals surface area contributed by atoms with Gasteiger partial charge in [0.1, 0.15) is 17.1 Å². The van der Waals surface area contributed by atoms with Crippen LogP contribution in [0.4, 0.5) is 0 Å². The fourth-order valence-corrected chi connectivity index (χ4v) is 1.88. The lowest BCUT2D eigenvalue weighted by molar-refractivity contribution is 0.408. The molecule has 0 aliphatic rings. The van der Waals surface area contributed by atoms with Crippen LogP contribution in [0, 0.1) is 13.8 Å². The average Bonchev–Trinajstić information content (AvgIpc) is 2.34. The lowest BCUT2D eigenvalue weighted by atomic mass is 10.1. The number of fused-ring (bicyclic) bond motifs is 1. The van der Waals surface area contributed by atoms with Crippen LogP contribution in [0.5, 0.6) is 5.75 Å². The molecule has 0 saturated carbocycles. The van der Waals surface area contributed by atoms with Gasteiger partial charge >= 0.3 is 0 Å². The Labute approximate surface area is 111 Å². The summed E-state index contributed by atoms with van der Waals surface area (Å²) >= 11 is 0. The number of hydrogen-bond donors (Lipinski definition) is 1. The van der Waals surface area contributed by atoms with Crippen LogP contribution in [0.2, 0.25) is 0 Å². The summed E-state index contributed by atoms with van der Waals surface area (Å²) in [7, 11) is 1.57. The van der Waals surface area contributed by atoms with Gasteiger partial charge in [0.25, 0.3) is 0 Å². The van der Waals surface area contributed by atoms with E-state index in [1.165, 1.54) is 0 Å². The van der Waals surface area contributed by atoms with Crippen LogP contribution in [-0.2, 0) is 6.54 Å². The summed E-state index contributed by atoms with van der Waals surface area (Å²) in [5.41, 5.74) is 7.56. The van der Waals surface area contributed by atoms with E-state index in [4.69, 9.17) is 14.9 Å². The molecule has 0 bridgehead atoms. The van der Waals surface area contributed by atoms with E-state index in [1.807, 2.05) is 0 Å². The first-order chi connectivity index (χ1) is 8.10. The Morgan fingerprint density at radius 2 is 2.00 bits per heavy atom. The molecule has 0 atom stereocenters. The topological polar surface area (TPSA) is 65.5 Å². The fourth-order valence-electron chi connectivity index (χ4n) is 1.88. The Morgan fingerprint density at radius 1 is 1.33 bits per heavy atom. The first-order valence-corrected chi connectivity index (χ1v) is 5.40. The number of aryl methyl sites for hydroxylation is 1. The molecule has 0 aliphatic heterocycles. The Bertz CT molecular complexity index is 634. The van der Waals surface area contributed by atoms with E-state index in [0.717, 1.165) is 5.56 Å². The molecule has 0 amide bonds. The second kappa shape index (κ2) is 5.42. The van der Waals surface area contributed by atoms with Crippen molar-refractivity contribution < 1.29 is 9.15 Å². The molecule has 4 nitrogen and oxygen atoms in total. The van der Waals surface area contributed by atoms with E-state index >= 15 is 0 Å². The first-order valence-electron chi connectivity index (χ1n) is 5.40. The highest BCUT2D eigenvalue weighted by Crippen LogP contribution is 2.27. The van der Waals surface area contributed by atoms with Crippen LogP contribution >= 0.6 is 12.4 Å². The van der Waals surface area contributed by atoms with Gasteiger partial charge in [0, 0.05) is 12.1 Å². The van der Waals surface area contributed by atoms with E-state index in [1.54, 1.807) is 33.1 Å². The maximum Gasteiger partial charge on any atom is 0.195 e. The van der Waals surface area contributed by atoms with Gasteiger partial charge in [-0.25, -0.2) is 0 Å². The van der Waals surface area contributed by atoms with Crippen LogP contribution in [0.25, 0.3) is 11.0 Å². The summed E-state index contributed by atoms with van der Waals surface area (Å²) < 4.78 is 10.9. The van der Waals surface area contributed by atoms with Gasteiger partial charge in [-0.2, -0.15) is 0 Å². The Morgan fingerprint density at radius 3 is 2.56 bits per heavy atom. The highest BCUT2D eigenvalue weighted by molar-refractivity contribution is 5.85. The fraction of sp³-hybridized carbons (Fsp3) is 0.308. The highest BCUT2D eigenvalue weighted by atomic mass is 35.5. The normalized spacial score (nSPS) is 10.2. The van der Waals surface area contributed by atoms with E-state index in [-0.39, 0.29) is 24.4 Å². The monoisotopic (exact) mass is 269 g/mol. The Kier molecular flexibility index (Phi) is 4.38. The minimum atomic E-state index is -0.0129. The van der Waals surface area contributed by atoms with E-state index in [9.17, 15) is 4.79 Å². The van der Waals surface area contributed by atoms with Crippen molar-refractivity contribution in [3.63, 3.8) is 0 Å². The molecule has 0 fully saturated rings. The van der Waals surface area contributed by atoms with Crippen molar-refractivity contribution in [2.24, 2.45) is 5.73 Å². The number of ether oxygens (including phenoxy) is 1. The number of hydrogen-bond acceptors (Lipinski definition) is 4. The molecule has 0 saturated heterocycles. The van der Waals surface area contributed by atoms with Crippen molar-refractivity contribution in [2.75, 3.05) is 7.11 Å². The molecule has 2 rings (SSSR count). The molecule has 0 unspecified atom stereocenters. The standard InChI is InChI=1S/C13H15NO3.ClH/c1-7-8(2)17-13-9(12(7)15)4-5-11(16-3)10(13)6-14;/h4-5H,6,14H2,1-3H3;1H. The molecule has 1 aromatic carbocycles. The molecule has 0 aliphatic carbocycles. The summed E-state index contributed by atoms with van der Waals surface area (Å²) in [5, 5.41) is 0.550. The molecule has 0 radical (unpaired) electrons. The van der Waals surface area contributed by atoms with Gasteiger partial charge in [-0.3, -0.25) is 4.79 Å². The predicted molar refractivity (Wildman–Crippen MR) is 73.6 cm³/mol. The molecule has 2 N–H and O–H groups in total. The smallest absolute Gasteiger partial charge is 0.195 e. The second-order valence-electron chi connectivity index (χ2n) is 3.94. The third-order valence-electron chi connectivity index (χ3n) is 3.01. The van der Waals surface area contributed by atoms with Gasteiger partial charge in [0.2, 0.25) is 0 Å². The molecular weight excluding hydrogens is 254 g/mol. The third kappa shape index (κ3) is 2.09. The lowest BCUT2D eigenvalue weighted by Crippen LogP contribution is -2.10. The van der Waals surface area contributed by atoms with Crippen LogP contribution in [0.1, 0.15) is 16.9 Å². The van der Waals surface area contributed by atoms with Gasteiger partial charge in [-0.15, -0.1) is 12.4 Å². The second-order valence-corrected chi connectivity index (χ2v) is 3.94. The van der Waals surface area contributed by atoms with Crippen molar-refractivity contribution in [3.05, 3.63) is 39.2 Å². The van der Waals surface area contributed by atoms with Crippen LogP contribution < -0.4 is 15.9 Å². The highest BCUT2D eigenvalue weighted by Gasteiger charge is 2.14. The number of rotatable bonds is 2. The largest absolute Gasteiger partial charge is 0.496 e. The minimum absolute atomic E-state index is 0. The number of benzene rings is 1. The quantitative estimate of drug-likeness (QED) is 0.908. The number of nitrogens with two attached hydrogens (primary N) is 1. The summed E-state index contributed by atoms with van der Waals surface area (Å²) in [6.07, 6.45) is 0. The Balaban J connectivity index is 0.00000162. The molecular formula is C13H16ClNO3. The molecule has 1 heterocycles. The van der Waals surface area contributed by atoms with Crippen molar-refractivity contribution in [1.82, 2.24) is 0 Å². The van der Waals surface area contributed by atoms with Crippen LogP contribution in [0.3, 0.4) is 0 Å². The molecule has 5 heteroatoms. The molecule has 18 heavy (non-hydrogen) atoms. The van der Waals surface area contributed by atoms with Gasteiger partial charge < -0.3 is 14.9 Å². The van der Waals surface area contributed by atoms with Crippen molar-refractivity contribution in [1.29, 1.82) is 0 Å². The zero-order valence-corrected chi connectivity index (χ0v) is 11.4. The lowest BCUT2D eigenvalue weighted by Gasteiger charge is -2.10. The number of halogens is 1. The van der Waals surface area contributed by atoms with Gasteiger partial charge in [0.05, 0.1) is 18.1 Å². The van der Waals surface area contributed by atoms with E-state index < -0.39 is 0 Å². The van der Waals surface area contributed by atoms with E-state index in [0.29, 0.717) is 28.0 Å². The van der Waals surface area contributed by atoms with Gasteiger partial charge in [-0.1, -0.05) is 0 Å². The molecule has 98 valence electrons. The molecule has 1 aromatic heterocycles. The van der Waals surface area contributed by atoms with Crippen LogP contribution in [0.15, 0.2) is 21.3 Å². The summed E-state index contributed by atoms with van der Waals surface area (Å²) in [6, 6.07) is 3.46. The third-order valence-corrected chi connectivity index (χ3v) is 3.01. The summed E-state index contributed by atoms with van der Waals surface area (Å²) in [6.45, 7) is 3.80. The molecule has 2 aromatic rings. The molecule has 0 spiro atoms.